The summed E-state index contributed by atoms with van der Waals surface area (Å²) < 4.78 is 37.7. The molecule has 0 spiro atoms. The monoisotopic (exact) mass is 356 g/mol. The molecule has 0 amide bonds. The van der Waals surface area contributed by atoms with Crippen molar-refractivity contribution < 1.29 is 17.9 Å². The molecule has 2 aromatic carbocycles. The fourth-order valence-electron chi connectivity index (χ4n) is 3.09. The summed E-state index contributed by atoms with van der Waals surface area (Å²) in [6, 6.07) is 12.6. The lowest BCUT2D eigenvalue weighted by molar-refractivity contribution is -0.0333. The van der Waals surface area contributed by atoms with Crippen LogP contribution in [-0.4, -0.2) is 29.6 Å². The summed E-state index contributed by atoms with van der Waals surface area (Å²) in [6.45, 7) is 2.67. The summed E-state index contributed by atoms with van der Waals surface area (Å²) in [5.41, 5.74) is 2.35. The number of hydrogen-bond acceptors (Lipinski definition) is 4. The second kappa shape index (κ2) is 7.35. The Morgan fingerprint density at radius 1 is 1.08 bits per heavy atom. The van der Waals surface area contributed by atoms with Crippen molar-refractivity contribution in [3.05, 3.63) is 77.7 Å². The van der Waals surface area contributed by atoms with Gasteiger partial charge in [-0.05, 0) is 35.9 Å². The van der Waals surface area contributed by atoms with Crippen LogP contribution in [-0.2, 0) is 11.3 Å². The predicted octanol–water partition coefficient (Wildman–Crippen LogP) is 4.19. The molecule has 1 unspecified atom stereocenters. The molecule has 6 heteroatoms. The Balaban J connectivity index is 1.43. The van der Waals surface area contributed by atoms with Crippen LogP contribution in [0.2, 0.25) is 0 Å². The summed E-state index contributed by atoms with van der Waals surface area (Å²) in [5.74, 6) is -0.172. The smallest absolute Gasteiger partial charge is 0.226 e. The van der Waals surface area contributed by atoms with E-state index in [2.05, 4.69) is 9.88 Å². The van der Waals surface area contributed by atoms with Gasteiger partial charge in [-0.25, -0.2) is 13.8 Å². The maximum atomic E-state index is 13.3. The molecule has 1 atom stereocenters. The van der Waals surface area contributed by atoms with Gasteiger partial charge in [0.15, 0.2) is 0 Å². The van der Waals surface area contributed by atoms with E-state index >= 15 is 0 Å². The van der Waals surface area contributed by atoms with Gasteiger partial charge < -0.3 is 9.15 Å². The molecular weight excluding hydrogens is 338 g/mol. The van der Waals surface area contributed by atoms with E-state index in [1.165, 1.54) is 24.3 Å². The van der Waals surface area contributed by atoms with E-state index in [1.54, 1.807) is 30.5 Å². The molecule has 0 saturated carbocycles. The van der Waals surface area contributed by atoms with Crippen molar-refractivity contribution in [2.75, 3.05) is 19.7 Å². The Bertz CT molecular complexity index is 880. The zero-order chi connectivity index (χ0) is 17.9. The van der Waals surface area contributed by atoms with Gasteiger partial charge >= 0.3 is 0 Å². The van der Waals surface area contributed by atoms with Gasteiger partial charge in [0.2, 0.25) is 5.89 Å². The molecule has 4 nitrogen and oxygen atoms in total. The van der Waals surface area contributed by atoms with E-state index in [-0.39, 0.29) is 17.7 Å². The summed E-state index contributed by atoms with van der Waals surface area (Å²) in [7, 11) is 0. The lowest BCUT2D eigenvalue weighted by atomic mass is 10.1. The number of rotatable bonds is 4. The molecule has 3 aromatic rings. The van der Waals surface area contributed by atoms with Crippen LogP contribution in [0.5, 0.6) is 0 Å². The Labute approximate surface area is 150 Å². The maximum absolute atomic E-state index is 13.3. The summed E-state index contributed by atoms with van der Waals surface area (Å²) >= 11 is 0. The molecule has 0 bridgehead atoms. The second-order valence-electron chi connectivity index (χ2n) is 6.30. The summed E-state index contributed by atoms with van der Waals surface area (Å²) in [5, 5.41) is 0. The van der Waals surface area contributed by atoms with Crippen LogP contribution in [0.3, 0.4) is 0 Å². The fourth-order valence-corrected chi connectivity index (χ4v) is 3.09. The average molecular weight is 356 g/mol. The average Bonchev–Trinajstić information content (AvgIpc) is 3.11. The fraction of sp³-hybridized carbons (Fsp3) is 0.250. The van der Waals surface area contributed by atoms with Crippen LogP contribution >= 0.6 is 0 Å². The van der Waals surface area contributed by atoms with Gasteiger partial charge in [-0.15, -0.1) is 0 Å². The maximum Gasteiger partial charge on any atom is 0.226 e. The van der Waals surface area contributed by atoms with Crippen LogP contribution < -0.4 is 0 Å². The standard InChI is InChI=1S/C20H18F2N2O2/c21-16-6-4-14(5-7-16)19-12-24(8-9-25-19)11-18-13-26-20(23-18)15-2-1-3-17(22)10-15/h1-7,10,13,19H,8-9,11-12H2. The Morgan fingerprint density at radius 3 is 2.73 bits per heavy atom. The van der Waals surface area contributed by atoms with Crippen molar-refractivity contribution in [2.45, 2.75) is 12.6 Å². The third-order valence-corrected chi connectivity index (χ3v) is 4.40. The number of halogens is 2. The van der Waals surface area contributed by atoms with E-state index in [9.17, 15) is 8.78 Å². The number of benzene rings is 2. The van der Waals surface area contributed by atoms with Gasteiger partial charge in [-0.3, -0.25) is 4.90 Å². The van der Waals surface area contributed by atoms with Crippen molar-refractivity contribution in [3.8, 4) is 11.5 Å². The van der Waals surface area contributed by atoms with Gasteiger partial charge in [-0.1, -0.05) is 18.2 Å². The largest absolute Gasteiger partial charge is 0.444 e. The van der Waals surface area contributed by atoms with E-state index in [0.29, 0.717) is 31.2 Å². The van der Waals surface area contributed by atoms with Crippen molar-refractivity contribution >= 4 is 0 Å². The number of hydrogen-bond donors (Lipinski definition) is 0. The topological polar surface area (TPSA) is 38.5 Å². The first kappa shape index (κ1) is 16.9. The minimum absolute atomic E-state index is 0.0982. The molecule has 1 aliphatic heterocycles. The van der Waals surface area contributed by atoms with E-state index < -0.39 is 0 Å². The highest BCUT2D eigenvalue weighted by Gasteiger charge is 2.23. The molecule has 0 aliphatic carbocycles. The Kier molecular flexibility index (Phi) is 4.77. The molecule has 26 heavy (non-hydrogen) atoms. The Morgan fingerprint density at radius 2 is 1.92 bits per heavy atom. The van der Waals surface area contributed by atoms with Crippen LogP contribution in [0.25, 0.3) is 11.5 Å². The number of oxazole rings is 1. The molecule has 2 heterocycles. The molecule has 1 aromatic heterocycles. The molecule has 1 saturated heterocycles. The van der Waals surface area contributed by atoms with E-state index in [4.69, 9.17) is 9.15 Å². The highest BCUT2D eigenvalue weighted by Crippen LogP contribution is 2.24. The predicted molar refractivity (Wildman–Crippen MR) is 92.3 cm³/mol. The van der Waals surface area contributed by atoms with Crippen LogP contribution in [0.4, 0.5) is 8.78 Å². The second-order valence-corrected chi connectivity index (χ2v) is 6.30. The van der Waals surface area contributed by atoms with Crippen molar-refractivity contribution in [3.63, 3.8) is 0 Å². The zero-order valence-electron chi connectivity index (χ0n) is 14.1. The quantitative estimate of drug-likeness (QED) is 0.702. The van der Waals surface area contributed by atoms with Gasteiger partial charge in [0.05, 0.1) is 18.4 Å². The van der Waals surface area contributed by atoms with Crippen molar-refractivity contribution in [1.29, 1.82) is 0 Å². The van der Waals surface area contributed by atoms with Crippen molar-refractivity contribution in [1.82, 2.24) is 9.88 Å². The molecule has 1 fully saturated rings. The molecule has 4 rings (SSSR count). The van der Waals surface area contributed by atoms with Gasteiger partial charge in [-0.2, -0.15) is 0 Å². The van der Waals surface area contributed by atoms with Gasteiger partial charge in [0.25, 0.3) is 0 Å². The molecular formula is C20H18F2N2O2. The number of nitrogens with zero attached hydrogens (tertiary/aromatic N) is 2. The van der Waals surface area contributed by atoms with Gasteiger partial charge in [0, 0.05) is 25.2 Å². The highest BCUT2D eigenvalue weighted by atomic mass is 19.1. The van der Waals surface area contributed by atoms with Gasteiger partial charge in [0.1, 0.15) is 17.9 Å². The highest BCUT2D eigenvalue weighted by molar-refractivity contribution is 5.52. The van der Waals surface area contributed by atoms with Crippen LogP contribution in [0.1, 0.15) is 17.4 Å². The number of ether oxygens (including phenoxy) is 1. The van der Waals surface area contributed by atoms with Crippen molar-refractivity contribution in [2.24, 2.45) is 0 Å². The number of aromatic nitrogens is 1. The van der Waals surface area contributed by atoms with Crippen LogP contribution in [0, 0.1) is 11.6 Å². The molecule has 1 aliphatic rings. The first-order valence-electron chi connectivity index (χ1n) is 8.47. The third-order valence-electron chi connectivity index (χ3n) is 4.40. The first-order valence-corrected chi connectivity index (χ1v) is 8.47. The minimum Gasteiger partial charge on any atom is -0.444 e. The molecule has 0 radical (unpaired) electrons. The summed E-state index contributed by atoms with van der Waals surface area (Å²) in [4.78, 5) is 6.67. The molecule has 0 N–H and O–H groups in total. The summed E-state index contributed by atoms with van der Waals surface area (Å²) in [6.07, 6.45) is 1.50. The van der Waals surface area contributed by atoms with E-state index in [0.717, 1.165) is 17.8 Å². The SMILES string of the molecule is Fc1ccc(C2CN(Cc3coc(-c4cccc(F)c4)n3)CCO2)cc1. The lowest BCUT2D eigenvalue weighted by Crippen LogP contribution is -2.37. The third kappa shape index (κ3) is 3.81. The zero-order valence-corrected chi connectivity index (χ0v) is 14.1. The molecule has 134 valence electrons. The number of morpholine rings is 1. The Hall–Kier alpha value is -2.57. The normalized spacial score (nSPS) is 18.2. The van der Waals surface area contributed by atoms with E-state index in [1.807, 2.05) is 0 Å². The lowest BCUT2D eigenvalue weighted by Gasteiger charge is -2.32. The first-order chi connectivity index (χ1) is 12.7. The van der Waals surface area contributed by atoms with Crippen LogP contribution in [0.15, 0.2) is 59.2 Å². The minimum atomic E-state index is -0.322.